The first-order chi connectivity index (χ1) is 18.3. The highest BCUT2D eigenvalue weighted by atomic mass is 35.5. The maximum absolute atomic E-state index is 13.8. The Balaban J connectivity index is 2.07. The summed E-state index contributed by atoms with van der Waals surface area (Å²) in [5.41, 5.74) is -0.0336. The molecule has 0 aromatic heterocycles. The number of aliphatic hydroxyl groups excluding tert-OH is 1. The number of nitro benzene ring substituents is 1. The number of aryl methyl sites for hydroxylation is 1. The lowest BCUT2D eigenvalue weighted by Gasteiger charge is -2.46. The van der Waals surface area contributed by atoms with Crippen LogP contribution in [0.15, 0.2) is 64.0 Å². The summed E-state index contributed by atoms with van der Waals surface area (Å²) in [7, 11) is 0. The number of non-ortho nitro benzene ring substituents is 1. The van der Waals surface area contributed by atoms with Gasteiger partial charge in [0.2, 0.25) is 11.0 Å². The van der Waals surface area contributed by atoms with Crippen LogP contribution in [0.1, 0.15) is 45.7 Å². The molecule has 1 N–H and O–H groups in total. The summed E-state index contributed by atoms with van der Waals surface area (Å²) in [5, 5.41) is 20.9. The molecular formula is C28H31ClN2O6S2. The molecule has 0 aliphatic carbocycles. The summed E-state index contributed by atoms with van der Waals surface area (Å²) in [6.45, 7) is 8.77. The van der Waals surface area contributed by atoms with E-state index in [2.05, 4.69) is 0 Å². The number of alkyl halides is 1. The summed E-state index contributed by atoms with van der Waals surface area (Å²) in [6.07, 6.45) is -0.139. The lowest BCUT2D eigenvalue weighted by atomic mass is 9.88. The fraction of sp³-hybridized carbons (Fsp3) is 0.393. The van der Waals surface area contributed by atoms with Gasteiger partial charge in [0.25, 0.3) is 5.69 Å². The number of aliphatic hydroxyl groups is 1. The van der Waals surface area contributed by atoms with E-state index in [0.717, 1.165) is 16.9 Å². The zero-order valence-electron chi connectivity index (χ0n) is 22.3. The zero-order valence-corrected chi connectivity index (χ0v) is 24.7. The molecular weight excluding hydrogens is 560 g/mol. The normalized spacial score (nSPS) is 18.6. The second-order valence-electron chi connectivity index (χ2n) is 10.2. The number of halogens is 1. The van der Waals surface area contributed by atoms with E-state index >= 15 is 0 Å². The van der Waals surface area contributed by atoms with Crippen LogP contribution < -0.4 is 0 Å². The second kappa shape index (κ2) is 12.6. The van der Waals surface area contributed by atoms with Gasteiger partial charge in [0.1, 0.15) is 17.8 Å². The average molecular weight is 591 g/mol. The number of likely N-dealkylation sites (tertiary alicyclic amines) is 1. The fourth-order valence-corrected chi connectivity index (χ4v) is 5.86. The van der Waals surface area contributed by atoms with Crippen molar-refractivity contribution >= 4 is 58.0 Å². The summed E-state index contributed by atoms with van der Waals surface area (Å²) in [4.78, 5) is 39.6. The minimum Gasteiger partial charge on any atom is -0.477 e. The molecule has 2 aromatic carbocycles. The molecule has 0 unspecified atom stereocenters. The Morgan fingerprint density at radius 2 is 1.74 bits per heavy atom. The van der Waals surface area contributed by atoms with Gasteiger partial charge in [-0.1, -0.05) is 63.2 Å². The summed E-state index contributed by atoms with van der Waals surface area (Å²) < 4.78 is 5.88. The van der Waals surface area contributed by atoms with Crippen molar-refractivity contribution in [2.75, 3.05) is 0 Å². The van der Waals surface area contributed by atoms with E-state index in [1.807, 2.05) is 31.2 Å². The first-order valence-corrected chi connectivity index (χ1v) is 14.0. The molecule has 8 nitrogen and oxygen atoms in total. The SMILES string of the molecule is CCc1ccc(SC(C(=O)C(C)(C)C)=C(C(=S)OCc2ccc([N+](=O)[O-])cc2)N2C(=O)[C@H]([C@@H](C)O)[C@@H]2Cl)cc1. The lowest BCUT2D eigenvalue weighted by Crippen LogP contribution is -2.62. The van der Waals surface area contributed by atoms with E-state index in [-0.39, 0.29) is 33.7 Å². The molecule has 3 atom stereocenters. The highest BCUT2D eigenvalue weighted by Gasteiger charge is 2.52. The Labute approximate surface area is 242 Å². The smallest absolute Gasteiger partial charge is 0.269 e. The number of carbonyl (C=O) groups is 2. The number of benzene rings is 2. The van der Waals surface area contributed by atoms with Crippen LogP contribution in [0.3, 0.4) is 0 Å². The van der Waals surface area contributed by atoms with Gasteiger partial charge in [0, 0.05) is 22.4 Å². The van der Waals surface area contributed by atoms with Gasteiger partial charge in [0.05, 0.1) is 21.9 Å². The largest absolute Gasteiger partial charge is 0.477 e. The monoisotopic (exact) mass is 590 g/mol. The molecule has 2 aromatic rings. The van der Waals surface area contributed by atoms with Gasteiger partial charge in [-0.05, 0) is 61.0 Å². The number of β-lactam (4-membered cyclic amide) rings is 1. The van der Waals surface area contributed by atoms with Crippen molar-refractivity contribution in [1.82, 2.24) is 4.90 Å². The minimum absolute atomic E-state index is 0.0536. The number of carbonyl (C=O) groups excluding carboxylic acids is 2. The average Bonchev–Trinajstić information content (AvgIpc) is 2.88. The molecule has 0 bridgehead atoms. The molecule has 39 heavy (non-hydrogen) atoms. The Morgan fingerprint density at radius 3 is 2.21 bits per heavy atom. The second-order valence-corrected chi connectivity index (χ2v) is 12.1. The van der Waals surface area contributed by atoms with Crippen molar-refractivity contribution in [3.8, 4) is 0 Å². The Bertz CT molecular complexity index is 1290. The topological polar surface area (TPSA) is 110 Å². The number of hydrogen-bond acceptors (Lipinski definition) is 8. The number of rotatable bonds is 10. The van der Waals surface area contributed by atoms with Crippen molar-refractivity contribution in [2.45, 2.75) is 64.1 Å². The van der Waals surface area contributed by atoms with Crippen LogP contribution in [0, 0.1) is 21.4 Å². The molecule has 0 radical (unpaired) electrons. The van der Waals surface area contributed by atoms with Crippen LogP contribution in [0.25, 0.3) is 0 Å². The van der Waals surface area contributed by atoms with Crippen molar-refractivity contribution < 1.29 is 24.4 Å². The van der Waals surface area contributed by atoms with Gasteiger partial charge in [-0.3, -0.25) is 24.6 Å². The molecule has 1 aliphatic heterocycles. The van der Waals surface area contributed by atoms with E-state index in [0.29, 0.717) is 5.56 Å². The van der Waals surface area contributed by atoms with Crippen molar-refractivity contribution in [3.63, 3.8) is 0 Å². The molecule has 1 aliphatic rings. The van der Waals surface area contributed by atoms with Crippen LogP contribution in [0.4, 0.5) is 5.69 Å². The molecule has 0 spiro atoms. The van der Waals surface area contributed by atoms with Crippen LogP contribution >= 0.6 is 35.6 Å². The van der Waals surface area contributed by atoms with Crippen LogP contribution in [0.5, 0.6) is 0 Å². The number of hydrogen-bond donors (Lipinski definition) is 1. The Kier molecular flexibility index (Phi) is 9.93. The van der Waals surface area contributed by atoms with Gasteiger partial charge in [0.15, 0.2) is 5.78 Å². The van der Waals surface area contributed by atoms with Crippen LogP contribution in [-0.2, 0) is 27.4 Å². The molecule has 1 heterocycles. The number of thioether (sulfide) groups is 1. The van der Waals surface area contributed by atoms with E-state index in [1.165, 1.54) is 47.9 Å². The first-order valence-electron chi connectivity index (χ1n) is 12.4. The molecule has 1 fully saturated rings. The van der Waals surface area contributed by atoms with E-state index in [4.69, 9.17) is 28.6 Å². The van der Waals surface area contributed by atoms with Gasteiger partial charge in [-0.2, -0.15) is 0 Å². The number of Topliss-reactive ketones (excluding diaryl/α,β-unsaturated/α-hetero) is 1. The third kappa shape index (κ3) is 7.05. The highest BCUT2D eigenvalue weighted by Crippen LogP contribution is 2.43. The number of nitro groups is 1. The number of nitrogens with zero attached hydrogens (tertiary/aromatic N) is 2. The van der Waals surface area contributed by atoms with Crippen LogP contribution in [0.2, 0.25) is 0 Å². The standard InChI is InChI=1S/C28H31ClN2O6S2/c1-6-17-9-13-20(14-10-17)39-23(24(33)28(3,4)5)22(30-25(29)21(16(2)32)26(30)34)27(38)37-15-18-7-11-19(12-8-18)31(35)36/h7-14,16,21,25,32H,6,15H2,1-5H3/t16-,21-,25-/m1/s1. The van der Waals surface area contributed by atoms with E-state index in [9.17, 15) is 24.8 Å². The molecule has 208 valence electrons. The van der Waals surface area contributed by atoms with Gasteiger partial charge in [-0.15, -0.1) is 0 Å². The summed E-state index contributed by atoms with van der Waals surface area (Å²) in [5.74, 6) is -1.60. The van der Waals surface area contributed by atoms with E-state index < -0.39 is 33.8 Å². The zero-order chi connectivity index (χ0) is 29.1. The molecule has 0 saturated carbocycles. The maximum Gasteiger partial charge on any atom is 0.269 e. The molecule has 1 amide bonds. The highest BCUT2D eigenvalue weighted by molar-refractivity contribution is 8.04. The number of ether oxygens (including phenoxy) is 1. The molecule has 11 heteroatoms. The summed E-state index contributed by atoms with van der Waals surface area (Å²) in [6, 6.07) is 13.5. The van der Waals surface area contributed by atoms with Crippen molar-refractivity contribution in [1.29, 1.82) is 0 Å². The predicted octanol–water partition coefficient (Wildman–Crippen LogP) is 6.02. The fourth-order valence-electron chi connectivity index (χ4n) is 3.83. The van der Waals surface area contributed by atoms with Gasteiger partial charge >= 0.3 is 0 Å². The number of thiocarbonyl (C=S) groups is 1. The quantitative estimate of drug-likeness (QED) is 0.0522. The van der Waals surface area contributed by atoms with Gasteiger partial charge in [-0.25, -0.2) is 0 Å². The first kappa shape index (κ1) is 30.7. The molecule has 3 rings (SSSR count). The lowest BCUT2D eigenvalue weighted by molar-refractivity contribution is -0.384. The minimum atomic E-state index is -0.997. The number of ketones is 1. The molecule has 1 saturated heterocycles. The van der Waals surface area contributed by atoms with Crippen molar-refractivity contribution in [2.24, 2.45) is 11.3 Å². The van der Waals surface area contributed by atoms with Crippen molar-refractivity contribution in [3.05, 3.63) is 80.4 Å². The number of allylic oxidation sites excluding steroid dienone is 1. The Hall–Kier alpha value is -2.79. The van der Waals surface area contributed by atoms with Gasteiger partial charge < -0.3 is 9.84 Å². The third-order valence-electron chi connectivity index (χ3n) is 6.19. The third-order valence-corrected chi connectivity index (χ3v) is 8.06. The number of amides is 1. The predicted molar refractivity (Wildman–Crippen MR) is 155 cm³/mol. The Morgan fingerprint density at radius 1 is 1.18 bits per heavy atom. The maximum atomic E-state index is 13.8. The summed E-state index contributed by atoms with van der Waals surface area (Å²) >= 11 is 13.4. The van der Waals surface area contributed by atoms with Crippen LogP contribution in [-0.4, -0.2) is 43.3 Å². The van der Waals surface area contributed by atoms with E-state index in [1.54, 1.807) is 20.8 Å².